The smallest absolute Gasteiger partial charge is 0.306 e. The number of carbonyl (C=O) groups excluding carboxylic acids is 3. The zero-order valence-electron chi connectivity index (χ0n) is 41.8. The van der Waals surface area contributed by atoms with Gasteiger partial charge >= 0.3 is 17.9 Å². The maximum absolute atomic E-state index is 12.8. The Kier molecular flexibility index (Phi) is 49.4. The minimum atomic E-state index is -0.819. The SMILES string of the molecule is CC/C=C/C=C/C=C/C=C/C=C/CCCCCC(=O)OC(COC(=O)CC/C=C/C/C=C/CCCCCCCC)COC(=O)CCCCCCCCCCCCCCCCCCCC. The molecule has 0 N–H and O–H groups in total. The van der Waals surface area contributed by atoms with Crippen molar-refractivity contribution in [1.29, 1.82) is 0 Å². The Labute approximate surface area is 395 Å². The summed E-state index contributed by atoms with van der Waals surface area (Å²) in [6, 6.07) is 0. The van der Waals surface area contributed by atoms with E-state index in [0.717, 1.165) is 57.8 Å². The lowest BCUT2D eigenvalue weighted by Crippen LogP contribution is -2.30. The standard InChI is InChI=1S/C58H98O6/c1-4-7-10-13-16-19-22-25-27-28-29-31-33-36-39-42-45-48-51-57(60)63-54-55(53-62-56(59)50-47-44-41-38-35-32-24-21-18-15-12-9-6-3)64-58(61)52-49-46-43-40-37-34-30-26-23-20-17-14-11-8-5-2/h8,11,14,17,20,23,26,30,32,34-35,37,41,44,55H,4-7,9-10,12-13,15-16,18-19,21-22,24-25,27-29,31,33,36,38-40,42-43,45-54H2,1-3H3/b11-8+,17-14+,23-20+,30-26+,35-32+,37-34+,44-41+. The van der Waals surface area contributed by atoms with Crippen LogP contribution >= 0.6 is 0 Å². The maximum Gasteiger partial charge on any atom is 0.306 e. The van der Waals surface area contributed by atoms with Crippen LogP contribution in [0, 0.1) is 0 Å². The summed E-state index contributed by atoms with van der Waals surface area (Å²) in [6.45, 7) is 6.41. The normalized spacial score (nSPS) is 12.7. The third kappa shape index (κ3) is 49.6. The van der Waals surface area contributed by atoms with Crippen molar-refractivity contribution in [2.24, 2.45) is 0 Å². The fourth-order valence-electron chi connectivity index (χ4n) is 7.28. The molecule has 0 aromatic rings. The first-order chi connectivity index (χ1) is 31.5. The van der Waals surface area contributed by atoms with Crippen LogP contribution in [0.2, 0.25) is 0 Å². The van der Waals surface area contributed by atoms with Crippen molar-refractivity contribution in [2.45, 2.75) is 252 Å². The lowest BCUT2D eigenvalue weighted by atomic mass is 10.0. The molecule has 0 bridgehead atoms. The Morgan fingerprint density at radius 2 is 0.703 bits per heavy atom. The zero-order chi connectivity index (χ0) is 46.5. The highest BCUT2D eigenvalue weighted by molar-refractivity contribution is 5.71. The molecule has 0 rings (SSSR count). The molecule has 6 heteroatoms. The van der Waals surface area contributed by atoms with Gasteiger partial charge < -0.3 is 14.2 Å². The van der Waals surface area contributed by atoms with Crippen molar-refractivity contribution in [1.82, 2.24) is 0 Å². The third-order valence-electron chi connectivity index (χ3n) is 11.3. The van der Waals surface area contributed by atoms with E-state index in [9.17, 15) is 14.4 Å². The van der Waals surface area contributed by atoms with Crippen molar-refractivity contribution in [3.05, 3.63) is 85.1 Å². The summed E-state index contributed by atoms with van der Waals surface area (Å²) in [4.78, 5) is 38.0. The minimum Gasteiger partial charge on any atom is -0.462 e. The van der Waals surface area contributed by atoms with E-state index in [4.69, 9.17) is 14.2 Å². The lowest BCUT2D eigenvalue weighted by molar-refractivity contribution is -0.166. The van der Waals surface area contributed by atoms with E-state index in [1.165, 1.54) is 135 Å². The monoisotopic (exact) mass is 891 g/mol. The van der Waals surface area contributed by atoms with Gasteiger partial charge in [-0.15, -0.1) is 0 Å². The molecule has 6 nitrogen and oxygen atoms in total. The molecular formula is C58H98O6. The predicted octanol–water partition coefficient (Wildman–Crippen LogP) is 17.6. The van der Waals surface area contributed by atoms with Crippen LogP contribution in [0.4, 0.5) is 0 Å². The highest BCUT2D eigenvalue weighted by Crippen LogP contribution is 2.15. The van der Waals surface area contributed by atoms with Crippen LogP contribution < -0.4 is 0 Å². The van der Waals surface area contributed by atoms with Crippen LogP contribution in [0.15, 0.2) is 85.1 Å². The molecule has 0 saturated heterocycles. The number of esters is 3. The van der Waals surface area contributed by atoms with Crippen LogP contribution in [-0.2, 0) is 28.6 Å². The molecule has 0 fully saturated rings. The second-order valence-corrected chi connectivity index (χ2v) is 17.5. The fourth-order valence-corrected chi connectivity index (χ4v) is 7.28. The van der Waals surface area contributed by atoms with E-state index in [0.29, 0.717) is 19.3 Å². The zero-order valence-corrected chi connectivity index (χ0v) is 41.8. The first-order valence-electron chi connectivity index (χ1n) is 26.7. The number of ether oxygens (including phenoxy) is 3. The largest absolute Gasteiger partial charge is 0.462 e. The third-order valence-corrected chi connectivity index (χ3v) is 11.3. The molecular weight excluding hydrogens is 793 g/mol. The number of carbonyl (C=O) groups is 3. The Hall–Kier alpha value is -3.41. The number of rotatable bonds is 47. The topological polar surface area (TPSA) is 78.9 Å². The molecule has 0 spiro atoms. The van der Waals surface area contributed by atoms with Crippen molar-refractivity contribution in [2.75, 3.05) is 13.2 Å². The molecule has 1 atom stereocenters. The molecule has 0 saturated carbocycles. The highest BCUT2D eigenvalue weighted by Gasteiger charge is 2.19. The van der Waals surface area contributed by atoms with Gasteiger partial charge in [0.1, 0.15) is 13.2 Å². The molecule has 0 aliphatic heterocycles. The second-order valence-electron chi connectivity index (χ2n) is 17.5. The Balaban J connectivity index is 4.47. The van der Waals surface area contributed by atoms with Gasteiger partial charge in [0.25, 0.3) is 0 Å². The van der Waals surface area contributed by atoms with E-state index in [-0.39, 0.29) is 44.0 Å². The van der Waals surface area contributed by atoms with Crippen molar-refractivity contribution >= 4 is 17.9 Å². The number of allylic oxidation sites excluding steroid dienone is 14. The Bertz CT molecular complexity index is 1250. The average molecular weight is 891 g/mol. The molecule has 0 radical (unpaired) electrons. The quantitative estimate of drug-likeness (QED) is 0.0199. The molecule has 64 heavy (non-hydrogen) atoms. The molecule has 1 unspecified atom stereocenters. The summed E-state index contributed by atoms with van der Waals surface area (Å²) in [5.41, 5.74) is 0. The summed E-state index contributed by atoms with van der Waals surface area (Å²) < 4.78 is 16.7. The highest BCUT2D eigenvalue weighted by atomic mass is 16.6. The summed E-state index contributed by atoms with van der Waals surface area (Å²) in [7, 11) is 0. The van der Waals surface area contributed by atoms with E-state index in [1.54, 1.807) is 0 Å². The van der Waals surface area contributed by atoms with Gasteiger partial charge in [0.15, 0.2) is 6.10 Å². The first-order valence-corrected chi connectivity index (χ1v) is 26.7. The van der Waals surface area contributed by atoms with E-state index in [1.807, 2.05) is 54.7 Å². The van der Waals surface area contributed by atoms with Gasteiger partial charge in [0.05, 0.1) is 0 Å². The lowest BCUT2D eigenvalue weighted by Gasteiger charge is -2.18. The molecule has 366 valence electrons. The molecule has 0 aliphatic rings. The predicted molar refractivity (Wildman–Crippen MR) is 274 cm³/mol. The van der Waals surface area contributed by atoms with Gasteiger partial charge in [-0.25, -0.2) is 0 Å². The summed E-state index contributed by atoms with van der Waals surface area (Å²) >= 11 is 0. The van der Waals surface area contributed by atoms with Gasteiger partial charge in [-0.2, -0.15) is 0 Å². The van der Waals surface area contributed by atoms with Crippen LogP contribution in [0.1, 0.15) is 245 Å². The van der Waals surface area contributed by atoms with E-state index < -0.39 is 6.10 Å². The van der Waals surface area contributed by atoms with Crippen LogP contribution in [0.3, 0.4) is 0 Å². The molecule has 0 aromatic carbocycles. The average Bonchev–Trinajstić information content (AvgIpc) is 3.29. The van der Waals surface area contributed by atoms with Gasteiger partial charge in [0, 0.05) is 19.3 Å². The fraction of sp³-hybridized carbons (Fsp3) is 0.707. The van der Waals surface area contributed by atoms with E-state index in [2.05, 4.69) is 51.2 Å². The van der Waals surface area contributed by atoms with Crippen LogP contribution in [0.5, 0.6) is 0 Å². The van der Waals surface area contributed by atoms with Crippen molar-refractivity contribution in [3.63, 3.8) is 0 Å². The summed E-state index contributed by atoms with van der Waals surface area (Å²) in [5, 5.41) is 0. The first kappa shape index (κ1) is 60.6. The van der Waals surface area contributed by atoms with Crippen LogP contribution in [0.25, 0.3) is 0 Å². The number of hydrogen-bond acceptors (Lipinski definition) is 6. The summed E-state index contributed by atoms with van der Waals surface area (Å²) in [5.74, 6) is -1.02. The molecule has 0 aromatic heterocycles. The van der Waals surface area contributed by atoms with E-state index >= 15 is 0 Å². The maximum atomic E-state index is 12.8. The second kappa shape index (κ2) is 52.2. The van der Waals surface area contributed by atoms with Gasteiger partial charge in [-0.3, -0.25) is 14.4 Å². The molecule has 0 heterocycles. The van der Waals surface area contributed by atoms with Crippen molar-refractivity contribution < 1.29 is 28.6 Å². The summed E-state index contributed by atoms with van der Waals surface area (Å²) in [6.07, 6.45) is 67.3. The number of hydrogen-bond donors (Lipinski definition) is 0. The van der Waals surface area contributed by atoms with Gasteiger partial charge in [0.2, 0.25) is 0 Å². The Morgan fingerprint density at radius 3 is 1.19 bits per heavy atom. The van der Waals surface area contributed by atoms with Crippen molar-refractivity contribution in [3.8, 4) is 0 Å². The minimum absolute atomic E-state index is 0.110. The van der Waals surface area contributed by atoms with Crippen LogP contribution in [-0.4, -0.2) is 37.2 Å². The molecule has 0 amide bonds. The Morgan fingerprint density at radius 1 is 0.344 bits per heavy atom. The number of unbranched alkanes of at least 4 members (excludes halogenated alkanes) is 26. The molecule has 0 aliphatic carbocycles. The van der Waals surface area contributed by atoms with Gasteiger partial charge in [-0.05, 0) is 57.8 Å². The van der Waals surface area contributed by atoms with Gasteiger partial charge in [-0.1, -0.05) is 254 Å².